The molecule has 0 atom stereocenters. The number of amides is 1. The van der Waals surface area contributed by atoms with Gasteiger partial charge in [0.1, 0.15) is 0 Å². The van der Waals surface area contributed by atoms with Gasteiger partial charge in [0, 0.05) is 5.69 Å². The maximum Gasteiger partial charge on any atom is 0.338 e. The number of anilines is 1. The van der Waals surface area contributed by atoms with Gasteiger partial charge in [0.15, 0.2) is 6.61 Å². The first-order chi connectivity index (χ1) is 13.6. The third kappa shape index (κ3) is 4.92. The van der Waals surface area contributed by atoms with Gasteiger partial charge in [0.25, 0.3) is 5.91 Å². The van der Waals surface area contributed by atoms with E-state index in [1.807, 2.05) is 13.8 Å². The number of fused-ring (bicyclic) bond motifs is 1. The van der Waals surface area contributed by atoms with Gasteiger partial charge in [0.05, 0.1) is 32.9 Å². The fourth-order valence-electron chi connectivity index (χ4n) is 2.50. The zero-order valence-electron chi connectivity index (χ0n) is 15.7. The topological polar surface area (TPSA) is 141 Å². The highest BCUT2D eigenvalue weighted by atomic mass is 32.2. The molecule has 3 aromatic rings. The number of ether oxygens (including phenoxy) is 1. The molecule has 29 heavy (non-hydrogen) atoms. The molecule has 0 aliphatic heterocycles. The highest BCUT2D eigenvalue weighted by molar-refractivity contribution is 7.89. The van der Waals surface area contributed by atoms with Gasteiger partial charge in [-0.25, -0.2) is 28.3 Å². The minimum atomic E-state index is -3.81. The lowest BCUT2D eigenvalue weighted by Gasteiger charge is -2.08. The summed E-state index contributed by atoms with van der Waals surface area (Å²) in [5.41, 5.74) is 3.37. The number of nitrogens with two attached hydrogens (primary N) is 1. The summed E-state index contributed by atoms with van der Waals surface area (Å²) < 4.78 is 27.5. The highest BCUT2D eigenvalue weighted by Gasteiger charge is 2.13. The van der Waals surface area contributed by atoms with E-state index in [0.29, 0.717) is 16.7 Å². The van der Waals surface area contributed by atoms with Crippen LogP contribution in [0, 0.1) is 13.8 Å². The molecule has 1 heterocycles. The largest absolute Gasteiger partial charge is 0.452 e. The Bertz CT molecular complexity index is 1210. The van der Waals surface area contributed by atoms with Crippen LogP contribution in [0.15, 0.2) is 47.4 Å². The Morgan fingerprint density at radius 2 is 1.62 bits per heavy atom. The number of hydrogen-bond acceptors (Lipinski definition) is 7. The van der Waals surface area contributed by atoms with Gasteiger partial charge in [-0.2, -0.15) is 0 Å². The maximum atomic E-state index is 12.2. The summed E-state index contributed by atoms with van der Waals surface area (Å²) in [6, 6.07) is 10.1. The summed E-state index contributed by atoms with van der Waals surface area (Å²) in [6.45, 7) is 3.17. The molecular weight excluding hydrogens is 396 g/mol. The number of aromatic nitrogens is 2. The molecule has 0 aliphatic rings. The van der Waals surface area contributed by atoms with Crippen molar-refractivity contribution >= 4 is 38.6 Å². The van der Waals surface area contributed by atoms with Crippen LogP contribution in [-0.2, 0) is 19.6 Å². The third-order valence-corrected chi connectivity index (χ3v) is 5.04. The lowest BCUT2D eigenvalue weighted by molar-refractivity contribution is -0.119. The molecule has 10 heteroatoms. The van der Waals surface area contributed by atoms with Gasteiger partial charge in [-0.1, -0.05) is 0 Å². The van der Waals surface area contributed by atoms with Crippen LogP contribution < -0.4 is 10.5 Å². The van der Waals surface area contributed by atoms with E-state index in [-0.39, 0.29) is 10.5 Å². The molecule has 0 saturated heterocycles. The second-order valence-corrected chi connectivity index (χ2v) is 7.85. The molecule has 2 aromatic carbocycles. The van der Waals surface area contributed by atoms with Crippen molar-refractivity contribution in [1.29, 1.82) is 0 Å². The number of primary sulfonamides is 1. The van der Waals surface area contributed by atoms with Crippen molar-refractivity contribution in [2.75, 3.05) is 11.9 Å². The van der Waals surface area contributed by atoms with Crippen LogP contribution in [0.4, 0.5) is 5.69 Å². The van der Waals surface area contributed by atoms with Gasteiger partial charge in [-0.05, 0) is 56.3 Å². The number of nitrogens with one attached hydrogen (secondary N) is 1. The molecule has 3 rings (SSSR count). The predicted octanol–water partition coefficient (Wildman–Crippen LogP) is 1.69. The lowest BCUT2D eigenvalue weighted by atomic mass is 10.2. The van der Waals surface area contributed by atoms with Crippen molar-refractivity contribution in [1.82, 2.24) is 9.97 Å². The summed E-state index contributed by atoms with van der Waals surface area (Å²) in [5, 5.41) is 7.51. The van der Waals surface area contributed by atoms with E-state index in [4.69, 9.17) is 9.88 Å². The van der Waals surface area contributed by atoms with E-state index < -0.39 is 28.5 Å². The standard InChI is InChI=1S/C19H18N4O5S/c1-11-12(2)22-17-9-13(3-8-16(17)21-11)19(25)28-10-18(24)23-14-4-6-15(7-5-14)29(20,26)27/h3-9H,10H2,1-2H3,(H,23,24)(H2,20,26,27). The van der Waals surface area contributed by atoms with E-state index in [0.717, 1.165) is 11.4 Å². The van der Waals surface area contributed by atoms with Crippen LogP contribution in [0.3, 0.4) is 0 Å². The summed E-state index contributed by atoms with van der Waals surface area (Å²) in [7, 11) is -3.81. The quantitative estimate of drug-likeness (QED) is 0.605. The Labute approximate surface area is 167 Å². The summed E-state index contributed by atoms with van der Waals surface area (Å²) in [4.78, 5) is 32.9. The second kappa shape index (κ2) is 7.94. The molecule has 0 saturated carbocycles. The second-order valence-electron chi connectivity index (χ2n) is 6.29. The van der Waals surface area contributed by atoms with Crippen molar-refractivity contribution in [2.24, 2.45) is 5.14 Å². The molecule has 0 bridgehead atoms. The molecule has 0 fully saturated rings. The Balaban J connectivity index is 1.62. The highest BCUT2D eigenvalue weighted by Crippen LogP contribution is 2.16. The number of rotatable bonds is 5. The molecule has 0 radical (unpaired) electrons. The number of sulfonamides is 1. The van der Waals surface area contributed by atoms with Gasteiger partial charge in [0.2, 0.25) is 10.0 Å². The van der Waals surface area contributed by atoms with Crippen LogP contribution in [-0.4, -0.2) is 36.9 Å². The molecular formula is C19H18N4O5S. The third-order valence-electron chi connectivity index (χ3n) is 4.11. The average Bonchev–Trinajstić information content (AvgIpc) is 2.66. The molecule has 150 valence electrons. The number of carbonyl (C=O) groups excluding carboxylic acids is 2. The Morgan fingerprint density at radius 1 is 1.00 bits per heavy atom. The van der Waals surface area contributed by atoms with Gasteiger partial charge in [-0.3, -0.25) is 4.79 Å². The molecule has 9 nitrogen and oxygen atoms in total. The maximum absolute atomic E-state index is 12.2. The van der Waals surface area contributed by atoms with Crippen LogP contribution in [0.5, 0.6) is 0 Å². The summed E-state index contributed by atoms with van der Waals surface area (Å²) >= 11 is 0. The molecule has 1 aromatic heterocycles. The summed E-state index contributed by atoms with van der Waals surface area (Å²) in [5.74, 6) is -1.25. The molecule has 0 aliphatic carbocycles. The smallest absolute Gasteiger partial charge is 0.338 e. The number of nitrogens with zero attached hydrogens (tertiary/aromatic N) is 2. The molecule has 0 spiro atoms. The van der Waals surface area contributed by atoms with Crippen LogP contribution in [0.1, 0.15) is 21.7 Å². The van der Waals surface area contributed by atoms with E-state index in [1.54, 1.807) is 18.2 Å². The van der Waals surface area contributed by atoms with Gasteiger partial charge < -0.3 is 10.1 Å². The van der Waals surface area contributed by atoms with Crippen LogP contribution >= 0.6 is 0 Å². The Kier molecular flexibility index (Phi) is 5.57. The summed E-state index contributed by atoms with van der Waals surface area (Å²) in [6.07, 6.45) is 0. The Morgan fingerprint density at radius 3 is 2.24 bits per heavy atom. The molecule has 1 amide bonds. The van der Waals surface area contributed by atoms with E-state index >= 15 is 0 Å². The van der Waals surface area contributed by atoms with Gasteiger partial charge in [-0.15, -0.1) is 0 Å². The fraction of sp³-hybridized carbons (Fsp3) is 0.158. The van der Waals surface area contributed by atoms with Crippen molar-refractivity contribution in [3.8, 4) is 0 Å². The first-order valence-electron chi connectivity index (χ1n) is 8.48. The molecule has 0 unspecified atom stereocenters. The van der Waals surface area contributed by atoms with Crippen molar-refractivity contribution < 1.29 is 22.7 Å². The zero-order valence-corrected chi connectivity index (χ0v) is 16.5. The molecule has 3 N–H and O–H groups in total. The number of benzene rings is 2. The first-order valence-corrected chi connectivity index (χ1v) is 10.0. The Hall–Kier alpha value is -3.37. The number of hydrogen-bond donors (Lipinski definition) is 2. The number of carbonyl (C=O) groups is 2. The van der Waals surface area contributed by atoms with E-state index in [1.165, 1.54) is 24.3 Å². The van der Waals surface area contributed by atoms with Crippen molar-refractivity contribution in [2.45, 2.75) is 18.7 Å². The average molecular weight is 414 g/mol. The monoisotopic (exact) mass is 414 g/mol. The minimum Gasteiger partial charge on any atom is -0.452 e. The number of aryl methyl sites for hydroxylation is 2. The fourth-order valence-corrected chi connectivity index (χ4v) is 3.01. The van der Waals surface area contributed by atoms with Crippen molar-refractivity contribution in [3.05, 3.63) is 59.4 Å². The zero-order chi connectivity index (χ0) is 21.2. The normalized spacial score (nSPS) is 11.3. The van der Waals surface area contributed by atoms with Crippen LogP contribution in [0.2, 0.25) is 0 Å². The van der Waals surface area contributed by atoms with E-state index in [2.05, 4.69) is 15.3 Å². The van der Waals surface area contributed by atoms with Gasteiger partial charge >= 0.3 is 5.97 Å². The van der Waals surface area contributed by atoms with Crippen molar-refractivity contribution in [3.63, 3.8) is 0 Å². The van der Waals surface area contributed by atoms with Crippen LogP contribution in [0.25, 0.3) is 11.0 Å². The number of esters is 1. The first kappa shape index (κ1) is 20.4. The minimum absolute atomic E-state index is 0.0771. The predicted molar refractivity (Wildman–Crippen MR) is 106 cm³/mol. The lowest BCUT2D eigenvalue weighted by Crippen LogP contribution is -2.21. The van der Waals surface area contributed by atoms with E-state index in [9.17, 15) is 18.0 Å². The SMILES string of the molecule is Cc1nc2ccc(C(=O)OCC(=O)Nc3ccc(S(N)(=O)=O)cc3)cc2nc1C.